The molecule has 0 N–H and O–H groups in total. The molecule has 3 aliphatic rings. The van der Waals surface area contributed by atoms with Crippen molar-refractivity contribution in [3.63, 3.8) is 0 Å². The summed E-state index contributed by atoms with van der Waals surface area (Å²) in [5.74, 6) is -3.05. The highest BCUT2D eigenvalue weighted by Crippen LogP contribution is 2.34. The molecule has 1 saturated heterocycles. The molecule has 0 radical (unpaired) electrons. The largest absolute Gasteiger partial charge is 0.378 e. The molecule has 3 aliphatic heterocycles. The van der Waals surface area contributed by atoms with Crippen molar-refractivity contribution in [1.29, 1.82) is 0 Å². The van der Waals surface area contributed by atoms with Crippen LogP contribution in [0, 0.1) is 0 Å². The summed E-state index contributed by atoms with van der Waals surface area (Å²) in [7, 11) is 0. The van der Waals surface area contributed by atoms with Gasteiger partial charge in [0.15, 0.2) is 0 Å². The highest BCUT2D eigenvalue weighted by atomic mass is 16.5. The molecule has 0 saturated carbocycles. The van der Waals surface area contributed by atoms with Crippen LogP contribution >= 0.6 is 0 Å². The van der Waals surface area contributed by atoms with Gasteiger partial charge in [-0.15, -0.1) is 0 Å². The molecule has 2 atom stereocenters. The zero-order valence-corrected chi connectivity index (χ0v) is 28.3. The van der Waals surface area contributed by atoms with Crippen LogP contribution in [0.25, 0.3) is 0 Å². The smallest absolute Gasteiger partial charge is 0.262 e. The lowest BCUT2D eigenvalue weighted by Gasteiger charge is -2.33. The molecule has 0 spiro atoms. The van der Waals surface area contributed by atoms with Gasteiger partial charge in [0, 0.05) is 26.2 Å². The third-order valence-corrected chi connectivity index (χ3v) is 9.51. The molecule has 0 aromatic heterocycles. The van der Waals surface area contributed by atoms with Gasteiger partial charge in [0.25, 0.3) is 35.4 Å². The number of benzene rings is 4. The molecule has 1 fully saturated rings. The molecular weight excluding hydrogens is 664 g/mol. The van der Waals surface area contributed by atoms with Gasteiger partial charge in [-0.3, -0.25) is 38.6 Å². The first-order valence-electron chi connectivity index (χ1n) is 17.1. The van der Waals surface area contributed by atoms with Crippen LogP contribution in [-0.2, 0) is 19.1 Å². The quantitative estimate of drug-likeness (QED) is 0.278. The standard InChI is InChI=1S/C40H36N4O8/c45-35-29-15-7-8-16-30(29)36(46)43(35)33(27-11-3-1-4-12-27)39(49)41-19-23-51-25-21-42(22-26-52-24-20-41)40(50)34(28-13-5-2-6-14-28)44-37(47)31-17-9-10-18-32(31)38(44)48/h1-18,33-34H,19-26H2. The van der Waals surface area contributed by atoms with Gasteiger partial charge in [-0.1, -0.05) is 84.9 Å². The highest BCUT2D eigenvalue weighted by Gasteiger charge is 2.46. The fourth-order valence-corrected chi connectivity index (χ4v) is 6.87. The van der Waals surface area contributed by atoms with Crippen LogP contribution in [0.2, 0.25) is 0 Å². The van der Waals surface area contributed by atoms with E-state index in [0.717, 1.165) is 9.80 Å². The fourth-order valence-electron chi connectivity index (χ4n) is 6.87. The Labute approximate surface area is 300 Å². The monoisotopic (exact) mass is 700 g/mol. The summed E-state index contributed by atoms with van der Waals surface area (Å²) in [6.07, 6.45) is 0. The van der Waals surface area contributed by atoms with E-state index in [1.165, 1.54) is 9.80 Å². The van der Waals surface area contributed by atoms with Gasteiger partial charge in [0.05, 0.1) is 48.7 Å². The van der Waals surface area contributed by atoms with Gasteiger partial charge in [-0.25, -0.2) is 0 Å². The molecule has 4 aromatic carbocycles. The van der Waals surface area contributed by atoms with E-state index < -0.39 is 47.5 Å². The van der Waals surface area contributed by atoms with E-state index in [-0.39, 0.29) is 74.9 Å². The molecule has 0 aliphatic carbocycles. The van der Waals surface area contributed by atoms with Crippen molar-refractivity contribution in [3.05, 3.63) is 143 Å². The predicted molar refractivity (Wildman–Crippen MR) is 187 cm³/mol. The van der Waals surface area contributed by atoms with Crippen molar-refractivity contribution in [1.82, 2.24) is 19.6 Å². The van der Waals surface area contributed by atoms with Gasteiger partial charge in [-0.2, -0.15) is 0 Å². The van der Waals surface area contributed by atoms with Crippen molar-refractivity contribution in [2.75, 3.05) is 52.6 Å². The molecule has 52 heavy (non-hydrogen) atoms. The zero-order chi connectivity index (χ0) is 36.2. The second-order valence-corrected chi connectivity index (χ2v) is 12.6. The Morgan fingerprint density at radius 2 is 0.692 bits per heavy atom. The number of hydrogen-bond acceptors (Lipinski definition) is 8. The van der Waals surface area contributed by atoms with Crippen LogP contribution in [0.1, 0.15) is 64.6 Å². The maximum Gasteiger partial charge on any atom is 0.262 e. The first-order chi connectivity index (χ1) is 25.4. The van der Waals surface area contributed by atoms with Crippen molar-refractivity contribution >= 4 is 35.4 Å². The Kier molecular flexibility index (Phi) is 10.0. The Balaban J connectivity index is 1.07. The second-order valence-electron chi connectivity index (χ2n) is 12.6. The lowest BCUT2D eigenvalue weighted by atomic mass is 10.0. The topological polar surface area (TPSA) is 134 Å². The SMILES string of the molecule is O=C(C(c1ccccc1)N1C(=O)c2ccccc2C1=O)N1CCOCCN(C(=O)C(c2ccccc2)N2C(=O)c3ccccc3C2=O)CCOCC1. The third-order valence-electron chi connectivity index (χ3n) is 9.51. The number of rotatable bonds is 6. The first kappa shape index (κ1) is 34.5. The molecule has 264 valence electrons. The van der Waals surface area contributed by atoms with Crippen LogP contribution in [0.15, 0.2) is 109 Å². The minimum atomic E-state index is -1.20. The summed E-state index contributed by atoms with van der Waals surface area (Å²) in [5, 5.41) is 0. The van der Waals surface area contributed by atoms with Gasteiger partial charge in [0.1, 0.15) is 12.1 Å². The van der Waals surface area contributed by atoms with Crippen LogP contribution in [-0.4, -0.2) is 108 Å². The maximum absolute atomic E-state index is 14.3. The summed E-state index contributed by atoms with van der Waals surface area (Å²) in [5.41, 5.74) is 1.98. The fraction of sp³-hybridized carbons (Fsp3) is 0.250. The maximum atomic E-state index is 14.3. The van der Waals surface area contributed by atoms with Gasteiger partial charge in [-0.05, 0) is 35.4 Å². The molecule has 3 heterocycles. The van der Waals surface area contributed by atoms with Gasteiger partial charge >= 0.3 is 0 Å². The Hall–Kier alpha value is -5.98. The van der Waals surface area contributed by atoms with E-state index in [1.54, 1.807) is 109 Å². The lowest BCUT2D eigenvalue weighted by molar-refractivity contribution is -0.139. The summed E-state index contributed by atoms with van der Waals surface area (Å²) in [6.45, 7) is 0.898. The molecule has 4 aromatic rings. The average Bonchev–Trinajstić information content (AvgIpc) is 3.57. The number of amides is 6. The van der Waals surface area contributed by atoms with Crippen LogP contribution in [0.5, 0.6) is 0 Å². The van der Waals surface area contributed by atoms with Gasteiger partial charge < -0.3 is 19.3 Å². The van der Waals surface area contributed by atoms with E-state index >= 15 is 0 Å². The van der Waals surface area contributed by atoms with Crippen molar-refractivity contribution < 1.29 is 38.2 Å². The summed E-state index contributed by atoms with van der Waals surface area (Å²) >= 11 is 0. The molecular formula is C40H36N4O8. The minimum absolute atomic E-state index is 0.0952. The lowest BCUT2D eigenvalue weighted by Crippen LogP contribution is -2.49. The van der Waals surface area contributed by atoms with Crippen molar-refractivity contribution in [3.8, 4) is 0 Å². The zero-order valence-electron chi connectivity index (χ0n) is 28.3. The Bertz CT molecular complexity index is 1790. The average molecular weight is 701 g/mol. The molecule has 12 heteroatoms. The number of imide groups is 2. The summed E-state index contributed by atoms with van der Waals surface area (Å²) < 4.78 is 11.9. The van der Waals surface area contributed by atoms with E-state index in [9.17, 15) is 28.8 Å². The van der Waals surface area contributed by atoms with E-state index in [0.29, 0.717) is 11.1 Å². The van der Waals surface area contributed by atoms with E-state index in [2.05, 4.69) is 0 Å². The van der Waals surface area contributed by atoms with Crippen molar-refractivity contribution in [2.24, 2.45) is 0 Å². The Morgan fingerprint density at radius 3 is 0.981 bits per heavy atom. The number of nitrogens with zero attached hydrogens (tertiary/aromatic N) is 4. The van der Waals surface area contributed by atoms with Crippen LogP contribution in [0.3, 0.4) is 0 Å². The molecule has 7 rings (SSSR count). The number of hydrogen-bond donors (Lipinski definition) is 0. The number of carbonyl (C=O) groups excluding carboxylic acids is 6. The number of carbonyl (C=O) groups is 6. The van der Waals surface area contributed by atoms with E-state index in [4.69, 9.17) is 9.47 Å². The van der Waals surface area contributed by atoms with Crippen LogP contribution in [0.4, 0.5) is 0 Å². The van der Waals surface area contributed by atoms with Crippen molar-refractivity contribution in [2.45, 2.75) is 12.1 Å². The summed E-state index contributed by atoms with van der Waals surface area (Å²) in [6, 6.07) is 28.1. The first-order valence-corrected chi connectivity index (χ1v) is 17.1. The van der Waals surface area contributed by atoms with Crippen LogP contribution < -0.4 is 0 Å². The molecule has 12 nitrogen and oxygen atoms in total. The molecule has 0 bridgehead atoms. The molecule has 2 unspecified atom stereocenters. The summed E-state index contributed by atoms with van der Waals surface area (Å²) in [4.78, 5) is 87.9. The number of ether oxygens (including phenoxy) is 2. The third kappa shape index (κ3) is 6.49. The number of fused-ring (bicyclic) bond motifs is 2. The highest BCUT2D eigenvalue weighted by molar-refractivity contribution is 6.23. The van der Waals surface area contributed by atoms with E-state index in [1.807, 2.05) is 0 Å². The molecule has 6 amide bonds. The minimum Gasteiger partial charge on any atom is -0.378 e. The van der Waals surface area contributed by atoms with Gasteiger partial charge in [0.2, 0.25) is 0 Å². The Morgan fingerprint density at radius 1 is 0.423 bits per heavy atom. The normalized spacial score (nSPS) is 18.0. The second kappa shape index (κ2) is 15.1. The predicted octanol–water partition coefficient (Wildman–Crippen LogP) is 3.77.